The van der Waals surface area contributed by atoms with E-state index in [1.54, 1.807) is 29.2 Å². The Morgan fingerprint density at radius 2 is 2.07 bits per heavy atom. The summed E-state index contributed by atoms with van der Waals surface area (Å²) in [5.41, 5.74) is 1.14. The molecule has 0 aliphatic carbocycles. The van der Waals surface area contributed by atoms with Gasteiger partial charge in [0.2, 0.25) is 0 Å². The van der Waals surface area contributed by atoms with Crippen molar-refractivity contribution in [3.05, 3.63) is 36.4 Å². The Labute approximate surface area is 158 Å². The van der Waals surface area contributed by atoms with Crippen molar-refractivity contribution in [2.24, 2.45) is 0 Å². The lowest BCUT2D eigenvalue weighted by Gasteiger charge is -2.37. The van der Waals surface area contributed by atoms with Gasteiger partial charge in [0.05, 0.1) is 38.7 Å². The maximum Gasteiger partial charge on any atom is 0.414 e. The first-order valence-corrected chi connectivity index (χ1v) is 12.7. The van der Waals surface area contributed by atoms with E-state index in [0.717, 1.165) is 13.1 Å². The highest BCUT2D eigenvalue weighted by Crippen LogP contribution is 2.31. The molecule has 2 saturated heterocycles. The minimum atomic E-state index is -1.10. The normalized spacial score (nSPS) is 22.2. The highest BCUT2D eigenvalue weighted by Gasteiger charge is 2.34. The highest BCUT2D eigenvalue weighted by atomic mass is 28.3. The smallest absolute Gasteiger partial charge is 0.414 e. The second-order valence-electron chi connectivity index (χ2n) is 8.03. The molecule has 0 N–H and O–H groups in total. The van der Waals surface area contributed by atoms with Crippen molar-refractivity contribution < 1.29 is 13.9 Å². The van der Waals surface area contributed by atoms with Gasteiger partial charge < -0.3 is 9.64 Å². The van der Waals surface area contributed by atoms with Crippen molar-refractivity contribution in [2.45, 2.75) is 37.8 Å². The molecule has 0 saturated carbocycles. The van der Waals surface area contributed by atoms with Crippen LogP contribution in [0, 0.1) is 5.82 Å². The minimum Gasteiger partial charge on any atom is -0.442 e. The number of halogens is 1. The molecule has 1 atom stereocenters. The zero-order valence-corrected chi connectivity index (χ0v) is 16.6. The van der Waals surface area contributed by atoms with Crippen LogP contribution in [-0.2, 0) is 11.3 Å². The van der Waals surface area contributed by atoms with Crippen LogP contribution in [0.3, 0.4) is 0 Å². The van der Waals surface area contributed by atoms with Crippen LogP contribution in [0.15, 0.2) is 30.6 Å². The summed E-state index contributed by atoms with van der Waals surface area (Å²) in [5, 5.41) is 7.63. The standard InChI is InChI=1S/C18H24FN5O2Si/c1-27(2)9-7-22(8-10-27)17-4-3-14(11-16(17)19)24-13-15(26-18(24)25)12-23-6-5-20-21-23/h3-6,11,15H,7-10,12-13H2,1-2H3. The third kappa shape index (κ3) is 3.82. The third-order valence-electron chi connectivity index (χ3n) is 5.44. The Morgan fingerprint density at radius 1 is 1.30 bits per heavy atom. The maximum atomic E-state index is 14.8. The average molecular weight is 390 g/mol. The number of ether oxygens (including phenoxy) is 1. The van der Waals surface area contributed by atoms with Gasteiger partial charge in [0.25, 0.3) is 0 Å². The summed E-state index contributed by atoms with van der Waals surface area (Å²) in [5.74, 6) is -0.290. The first kappa shape index (κ1) is 18.0. The number of carbonyl (C=O) groups excluding carboxylic acids is 1. The quantitative estimate of drug-likeness (QED) is 0.753. The van der Waals surface area contributed by atoms with Crippen molar-refractivity contribution in [3.8, 4) is 0 Å². The Balaban J connectivity index is 1.45. The van der Waals surface area contributed by atoms with Crippen LogP contribution in [0.5, 0.6) is 0 Å². The van der Waals surface area contributed by atoms with Crippen LogP contribution in [0.1, 0.15) is 0 Å². The number of rotatable bonds is 4. The van der Waals surface area contributed by atoms with E-state index in [1.807, 2.05) is 0 Å². The summed E-state index contributed by atoms with van der Waals surface area (Å²) >= 11 is 0. The van der Waals surface area contributed by atoms with Crippen molar-refractivity contribution >= 4 is 25.5 Å². The molecule has 144 valence electrons. The van der Waals surface area contributed by atoms with Gasteiger partial charge in [-0.1, -0.05) is 18.3 Å². The number of nitrogens with zero attached hydrogens (tertiary/aromatic N) is 5. The summed E-state index contributed by atoms with van der Waals surface area (Å²) in [6.07, 6.45) is 2.50. The second kappa shape index (κ2) is 6.95. The van der Waals surface area contributed by atoms with Crippen molar-refractivity contribution in [3.63, 3.8) is 0 Å². The molecule has 4 rings (SSSR count). The van der Waals surface area contributed by atoms with Crippen LogP contribution in [0.25, 0.3) is 0 Å². The van der Waals surface area contributed by atoms with Crippen LogP contribution >= 0.6 is 0 Å². The van der Waals surface area contributed by atoms with Gasteiger partial charge in [-0.2, -0.15) is 0 Å². The average Bonchev–Trinajstić information content (AvgIpc) is 3.25. The van der Waals surface area contributed by atoms with Crippen LogP contribution in [0.2, 0.25) is 25.2 Å². The summed E-state index contributed by atoms with van der Waals surface area (Å²) in [6.45, 7) is 7.37. The highest BCUT2D eigenvalue weighted by molar-refractivity contribution is 6.77. The Hall–Kier alpha value is -2.42. The molecule has 2 fully saturated rings. The Morgan fingerprint density at radius 3 is 2.74 bits per heavy atom. The topological polar surface area (TPSA) is 63.5 Å². The number of hydrogen-bond donors (Lipinski definition) is 0. The zero-order chi connectivity index (χ0) is 19.0. The largest absolute Gasteiger partial charge is 0.442 e. The molecule has 1 aromatic heterocycles. The van der Waals surface area contributed by atoms with E-state index in [9.17, 15) is 9.18 Å². The summed E-state index contributed by atoms with van der Waals surface area (Å²) in [6, 6.07) is 7.37. The number of amides is 1. The van der Waals surface area contributed by atoms with E-state index in [2.05, 4.69) is 28.3 Å². The van der Waals surface area contributed by atoms with Gasteiger partial charge in [-0.3, -0.25) is 4.90 Å². The van der Waals surface area contributed by atoms with Gasteiger partial charge in [0.15, 0.2) is 0 Å². The summed E-state index contributed by atoms with van der Waals surface area (Å²) in [4.78, 5) is 15.8. The van der Waals surface area contributed by atoms with Gasteiger partial charge in [0, 0.05) is 19.3 Å². The number of cyclic esters (lactones) is 1. The fourth-order valence-electron chi connectivity index (χ4n) is 3.64. The number of anilines is 2. The summed E-state index contributed by atoms with van der Waals surface area (Å²) < 4.78 is 21.8. The first-order chi connectivity index (χ1) is 12.9. The molecule has 2 aliphatic heterocycles. The molecule has 2 aromatic rings. The zero-order valence-electron chi connectivity index (χ0n) is 15.6. The monoisotopic (exact) mass is 389 g/mol. The lowest BCUT2D eigenvalue weighted by Crippen LogP contribution is -2.43. The van der Waals surface area contributed by atoms with E-state index in [4.69, 9.17) is 4.74 Å². The third-order valence-corrected chi connectivity index (χ3v) is 8.59. The van der Waals surface area contributed by atoms with Crippen LogP contribution in [0.4, 0.5) is 20.6 Å². The fourth-order valence-corrected chi connectivity index (χ4v) is 5.64. The number of benzene rings is 1. The molecule has 0 spiro atoms. The van der Waals surface area contributed by atoms with Gasteiger partial charge >= 0.3 is 6.09 Å². The predicted octanol–water partition coefficient (Wildman–Crippen LogP) is 2.97. The van der Waals surface area contributed by atoms with Crippen molar-refractivity contribution in [2.75, 3.05) is 29.4 Å². The maximum absolute atomic E-state index is 14.8. The van der Waals surface area contributed by atoms with E-state index >= 15 is 0 Å². The van der Waals surface area contributed by atoms with E-state index in [0.29, 0.717) is 24.5 Å². The molecular formula is C18H24FN5O2Si. The molecule has 0 bridgehead atoms. The first-order valence-electron chi connectivity index (χ1n) is 9.28. The number of aromatic nitrogens is 3. The fraction of sp³-hybridized carbons (Fsp3) is 0.500. The molecule has 1 aromatic carbocycles. The Bertz CT molecular complexity index is 819. The minimum absolute atomic E-state index is 0.290. The molecule has 2 aliphatic rings. The molecule has 3 heterocycles. The molecule has 0 radical (unpaired) electrons. The van der Waals surface area contributed by atoms with Crippen molar-refractivity contribution in [1.29, 1.82) is 0 Å². The van der Waals surface area contributed by atoms with Crippen LogP contribution in [-0.4, -0.2) is 54.9 Å². The molecule has 9 heteroatoms. The SMILES string of the molecule is C[Si]1(C)CCN(c2ccc(N3CC(Cn4ccnn4)OC3=O)cc2F)CC1. The molecule has 1 unspecified atom stereocenters. The lowest BCUT2D eigenvalue weighted by molar-refractivity contribution is 0.129. The van der Waals surface area contributed by atoms with Gasteiger partial charge in [-0.25, -0.2) is 13.9 Å². The predicted molar refractivity (Wildman–Crippen MR) is 103 cm³/mol. The summed E-state index contributed by atoms with van der Waals surface area (Å²) in [7, 11) is -1.10. The van der Waals surface area contributed by atoms with Gasteiger partial charge in [-0.15, -0.1) is 5.10 Å². The number of hydrogen-bond acceptors (Lipinski definition) is 5. The molecule has 27 heavy (non-hydrogen) atoms. The van der Waals surface area contributed by atoms with Crippen LogP contribution < -0.4 is 9.80 Å². The molecular weight excluding hydrogens is 365 g/mol. The molecule has 7 nitrogen and oxygen atoms in total. The van der Waals surface area contributed by atoms with Gasteiger partial charge in [-0.05, 0) is 30.3 Å². The second-order valence-corrected chi connectivity index (χ2v) is 13.4. The Kier molecular flexibility index (Phi) is 4.63. The van der Waals surface area contributed by atoms with E-state index in [-0.39, 0.29) is 11.9 Å². The number of carbonyl (C=O) groups is 1. The van der Waals surface area contributed by atoms with E-state index < -0.39 is 14.2 Å². The van der Waals surface area contributed by atoms with Gasteiger partial charge in [0.1, 0.15) is 11.9 Å². The van der Waals surface area contributed by atoms with E-state index in [1.165, 1.54) is 23.1 Å². The lowest BCUT2D eigenvalue weighted by atomic mass is 10.2. The van der Waals surface area contributed by atoms with Crippen molar-refractivity contribution in [1.82, 2.24) is 15.0 Å². The molecule has 1 amide bonds.